The van der Waals surface area contributed by atoms with Crippen LogP contribution < -0.4 is 5.32 Å². The van der Waals surface area contributed by atoms with Crippen molar-refractivity contribution in [2.75, 3.05) is 11.9 Å². The maximum absolute atomic E-state index is 3.45. The molecule has 0 atom stereocenters. The van der Waals surface area contributed by atoms with E-state index in [2.05, 4.69) is 90.3 Å². The van der Waals surface area contributed by atoms with Crippen LogP contribution in [0.3, 0.4) is 0 Å². The zero-order valence-electron chi connectivity index (χ0n) is 13.0. The summed E-state index contributed by atoms with van der Waals surface area (Å²) >= 11 is 0. The van der Waals surface area contributed by atoms with E-state index in [0.717, 1.165) is 13.0 Å². The van der Waals surface area contributed by atoms with E-state index in [1.807, 2.05) is 0 Å². The first kappa shape index (κ1) is 13.8. The SMILES string of the molecule is C(=C1CNc2ccccc21)c1ccc(Cc2ccccc2)cc1. The average Bonchev–Trinajstić information content (AvgIpc) is 3.01. The zero-order chi connectivity index (χ0) is 15.5. The van der Waals surface area contributed by atoms with Gasteiger partial charge in [-0.1, -0.05) is 72.8 Å². The quantitative estimate of drug-likeness (QED) is 0.697. The number of hydrogen-bond donors (Lipinski definition) is 1. The Kier molecular flexibility index (Phi) is 3.69. The summed E-state index contributed by atoms with van der Waals surface area (Å²) in [5.74, 6) is 0. The molecule has 1 aliphatic heterocycles. The average molecular weight is 297 g/mol. The lowest BCUT2D eigenvalue weighted by Gasteiger charge is -2.04. The van der Waals surface area contributed by atoms with Gasteiger partial charge in [0.1, 0.15) is 0 Å². The monoisotopic (exact) mass is 297 g/mol. The largest absolute Gasteiger partial charge is 0.380 e. The van der Waals surface area contributed by atoms with Gasteiger partial charge < -0.3 is 5.32 Å². The van der Waals surface area contributed by atoms with Gasteiger partial charge in [0.15, 0.2) is 0 Å². The Morgan fingerprint density at radius 3 is 2.26 bits per heavy atom. The van der Waals surface area contributed by atoms with Gasteiger partial charge in [-0.3, -0.25) is 0 Å². The molecule has 1 nitrogen and oxygen atoms in total. The van der Waals surface area contributed by atoms with Crippen LogP contribution in [0.1, 0.15) is 22.3 Å². The molecular formula is C22H19N. The molecule has 3 aromatic rings. The highest BCUT2D eigenvalue weighted by Gasteiger charge is 2.13. The summed E-state index contributed by atoms with van der Waals surface area (Å²) in [5.41, 5.74) is 7.88. The molecule has 0 saturated carbocycles. The van der Waals surface area contributed by atoms with E-state index >= 15 is 0 Å². The van der Waals surface area contributed by atoms with Gasteiger partial charge in [0.2, 0.25) is 0 Å². The molecule has 3 aromatic carbocycles. The standard InChI is InChI=1S/C22H19N/c1-2-6-17(7-3-1)14-18-10-12-19(13-11-18)15-20-16-23-22-9-5-4-8-21(20)22/h1-13,15,23H,14,16H2. The maximum atomic E-state index is 3.45. The van der Waals surface area contributed by atoms with Gasteiger partial charge in [0.25, 0.3) is 0 Å². The Hall–Kier alpha value is -2.80. The van der Waals surface area contributed by atoms with Gasteiger partial charge in [-0.25, -0.2) is 0 Å². The van der Waals surface area contributed by atoms with Crippen LogP contribution >= 0.6 is 0 Å². The number of rotatable bonds is 3. The van der Waals surface area contributed by atoms with Crippen molar-refractivity contribution in [1.82, 2.24) is 0 Å². The summed E-state index contributed by atoms with van der Waals surface area (Å²) in [5, 5.41) is 3.45. The van der Waals surface area contributed by atoms with Crippen molar-refractivity contribution >= 4 is 17.3 Å². The smallest absolute Gasteiger partial charge is 0.0419 e. The molecular weight excluding hydrogens is 278 g/mol. The third kappa shape index (κ3) is 3.04. The Balaban J connectivity index is 1.54. The van der Waals surface area contributed by atoms with Crippen LogP contribution in [0.2, 0.25) is 0 Å². The van der Waals surface area contributed by atoms with E-state index in [9.17, 15) is 0 Å². The molecule has 0 bridgehead atoms. The normalized spacial score (nSPS) is 14.5. The number of fused-ring (bicyclic) bond motifs is 1. The van der Waals surface area contributed by atoms with Gasteiger partial charge in [-0.2, -0.15) is 0 Å². The summed E-state index contributed by atoms with van der Waals surface area (Å²) in [7, 11) is 0. The van der Waals surface area contributed by atoms with Crippen molar-refractivity contribution in [2.24, 2.45) is 0 Å². The van der Waals surface area contributed by atoms with Crippen LogP contribution in [0.5, 0.6) is 0 Å². The molecule has 23 heavy (non-hydrogen) atoms. The molecule has 1 heterocycles. The number of nitrogens with one attached hydrogen (secondary N) is 1. The first-order valence-corrected chi connectivity index (χ1v) is 8.05. The molecule has 0 spiro atoms. The Labute approximate surface area is 137 Å². The molecule has 0 radical (unpaired) electrons. The van der Waals surface area contributed by atoms with E-state index in [-0.39, 0.29) is 0 Å². The minimum Gasteiger partial charge on any atom is -0.380 e. The Morgan fingerprint density at radius 1 is 0.739 bits per heavy atom. The van der Waals surface area contributed by atoms with Crippen molar-refractivity contribution in [3.05, 3.63) is 101 Å². The summed E-state index contributed by atoms with van der Waals surface area (Å²) in [6, 6.07) is 28.0. The predicted molar refractivity (Wildman–Crippen MR) is 98.5 cm³/mol. The highest BCUT2D eigenvalue weighted by molar-refractivity contribution is 5.92. The van der Waals surface area contributed by atoms with E-state index in [1.54, 1.807) is 0 Å². The number of anilines is 1. The van der Waals surface area contributed by atoms with Gasteiger partial charge in [0.05, 0.1) is 0 Å². The van der Waals surface area contributed by atoms with Crippen molar-refractivity contribution < 1.29 is 0 Å². The van der Waals surface area contributed by atoms with Crippen LogP contribution in [0.15, 0.2) is 78.9 Å². The molecule has 1 aliphatic rings. The highest BCUT2D eigenvalue weighted by atomic mass is 14.9. The minimum absolute atomic E-state index is 0.908. The van der Waals surface area contributed by atoms with E-state index in [1.165, 1.54) is 33.5 Å². The molecule has 0 aliphatic carbocycles. The van der Waals surface area contributed by atoms with E-state index < -0.39 is 0 Å². The summed E-state index contributed by atoms with van der Waals surface area (Å²) in [6.07, 6.45) is 3.27. The lowest BCUT2D eigenvalue weighted by Crippen LogP contribution is -1.91. The number of hydrogen-bond acceptors (Lipinski definition) is 1. The van der Waals surface area contributed by atoms with E-state index in [4.69, 9.17) is 0 Å². The molecule has 0 amide bonds. The summed E-state index contributed by atoms with van der Waals surface area (Å²) in [4.78, 5) is 0. The third-order valence-electron chi connectivity index (χ3n) is 4.31. The van der Waals surface area contributed by atoms with Crippen molar-refractivity contribution in [1.29, 1.82) is 0 Å². The van der Waals surface area contributed by atoms with Gasteiger partial charge in [-0.05, 0) is 40.8 Å². The fraction of sp³-hybridized carbons (Fsp3) is 0.0909. The third-order valence-corrected chi connectivity index (χ3v) is 4.31. The second-order valence-electron chi connectivity index (χ2n) is 5.97. The fourth-order valence-electron chi connectivity index (χ4n) is 3.10. The number of para-hydroxylation sites is 1. The van der Waals surface area contributed by atoms with Crippen molar-refractivity contribution in [3.63, 3.8) is 0 Å². The Bertz CT molecular complexity index is 829. The van der Waals surface area contributed by atoms with Gasteiger partial charge >= 0.3 is 0 Å². The first-order chi connectivity index (χ1) is 11.4. The van der Waals surface area contributed by atoms with Crippen LogP contribution in [-0.4, -0.2) is 6.54 Å². The molecule has 4 rings (SSSR count). The van der Waals surface area contributed by atoms with Crippen LogP contribution in [0, 0.1) is 0 Å². The van der Waals surface area contributed by atoms with E-state index in [0.29, 0.717) is 0 Å². The van der Waals surface area contributed by atoms with Gasteiger partial charge in [-0.15, -0.1) is 0 Å². The maximum Gasteiger partial charge on any atom is 0.0419 e. The van der Waals surface area contributed by atoms with Gasteiger partial charge in [0, 0.05) is 17.8 Å². The summed E-state index contributed by atoms with van der Waals surface area (Å²) < 4.78 is 0. The van der Waals surface area contributed by atoms with Crippen molar-refractivity contribution in [3.8, 4) is 0 Å². The topological polar surface area (TPSA) is 12.0 Å². The molecule has 0 saturated heterocycles. The molecule has 1 N–H and O–H groups in total. The number of benzene rings is 3. The van der Waals surface area contributed by atoms with Crippen molar-refractivity contribution in [2.45, 2.75) is 6.42 Å². The zero-order valence-corrected chi connectivity index (χ0v) is 13.0. The lowest BCUT2D eigenvalue weighted by molar-refractivity contribution is 1.19. The fourth-order valence-corrected chi connectivity index (χ4v) is 3.10. The summed E-state index contributed by atoms with van der Waals surface area (Å²) in [6.45, 7) is 0.908. The van der Waals surface area contributed by atoms with Crippen LogP contribution in [0.4, 0.5) is 5.69 Å². The van der Waals surface area contributed by atoms with Crippen LogP contribution in [0.25, 0.3) is 11.6 Å². The predicted octanol–water partition coefficient (Wildman–Crippen LogP) is 5.24. The highest BCUT2D eigenvalue weighted by Crippen LogP contribution is 2.31. The molecule has 1 heteroatoms. The molecule has 112 valence electrons. The Morgan fingerprint density at radius 2 is 1.43 bits per heavy atom. The second-order valence-corrected chi connectivity index (χ2v) is 5.97. The minimum atomic E-state index is 0.908. The second kappa shape index (κ2) is 6.13. The molecule has 0 unspecified atom stereocenters. The molecule has 0 aromatic heterocycles. The first-order valence-electron chi connectivity index (χ1n) is 8.05. The van der Waals surface area contributed by atoms with Crippen LogP contribution in [-0.2, 0) is 6.42 Å². The molecule has 0 fully saturated rings. The lowest BCUT2D eigenvalue weighted by atomic mass is 10.0.